The largest absolute Gasteiger partial charge is 0.358 e. The Kier molecular flexibility index (Phi) is 758. The van der Waals surface area contributed by atoms with Crippen LogP contribution in [0.2, 0.25) is 0 Å². The van der Waals surface area contributed by atoms with Gasteiger partial charge in [0.05, 0.1) is 0 Å². The molecule has 14 radical (unpaired) electrons. The molecule has 0 nitrogen and oxygen atoms in total. The first-order valence-electron chi connectivity index (χ1n) is 0. The summed E-state index contributed by atoms with van der Waals surface area (Å²) in [6.07, 6.45) is 0. The van der Waals surface area contributed by atoms with Gasteiger partial charge in [-0.1, -0.05) is 0 Å². The van der Waals surface area contributed by atoms with Crippen LogP contribution in [0.3, 0.4) is 0 Å². The van der Waals surface area contributed by atoms with Gasteiger partial charge in [-0.25, -0.2) is 0 Å². The molecule has 0 amide bonds. The van der Waals surface area contributed by atoms with Crippen molar-refractivity contribution in [3.05, 3.63) is 7.43 Å². The molecule has 0 aromatic rings. The molecule has 0 rings (SSSR count). The fourth-order valence-corrected chi connectivity index (χ4v) is 0. The number of hydrogen-bond acceptors (Lipinski definition) is 0. The zero-order chi connectivity index (χ0) is 0. The number of rotatable bonds is 0. The summed E-state index contributed by atoms with van der Waals surface area (Å²) in [6, 6.07) is 0. The third-order valence-electron chi connectivity index (χ3n) is 0. The van der Waals surface area contributed by atoms with E-state index in [0.717, 1.165) is 0 Å². The Morgan fingerprint density at radius 3 is 0.200 bits per heavy atom. The van der Waals surface area contributed by atoms with Crippen molar-refractivity contribution in [3.8, 4) is 0 Å². The molecule has 0 saturated carbocycles. The maximum absolute atomic E-state index is 0. The standard InChI is InChI=1S/CH3.V.13Y/h1H3;;;;;;;;;;;;;;/q-1;;;;;;;;;;;;;;. The normalized spacial score (nSPS) is 0. The van der Waals surface area contributed by atoms with E-state index in [-0.39, 0.29) is 451 Å². The van der Waals surface area contributed by atoms with Crippen LogP contribution in [-0.2, 0) is 444 Å². The van der Waals surface area contributed by atoms with Crippen LogP contribution in [0.4, 0.5) is 0 Å². The Balaban J connectivity index is 0. The van der Waals surface area contributed by atoms with E-state index in [1.807, 2.05) is 0 Å². The zero-order valence-corrected chi connectivity index (χ0v) is 47.2. The molecule has 0 unspecified atom stereocenters. The van der Waals surface area contributed by atoms with Crippen LogP contribution >= 0.6 is 0 Å². The minimum Gasteiger partial charge on any atom is -0.358 e. The average Bonchev–Trinajstić information content (AvgIpc) is 0. The Hall–Kier alpha value is 14.9. The Bertz CT molecular complexity index is 10.5. The van der Waals surface area contributed by atoms with E-state index in [9.17, 15) is 0 Å². The first-order chi connectivity index (χ1) is 0. The molecule has 0 aliphatic heterocycles. The van der Waals surface area contributed by atoms with E-state index in [2.05, 4.69) is 0 Å². The number of hydrogen-bond donors (Lipinski definition) is 0. The van der Waals surface area contributed by atoms with Crippen molar-refractivity contribution in [2.75, 3.05) is 0 Å². The Morgan fingerprint density at radius 1 is 0.200 bits per heavy atom. The van der Waals surface area contributed by atoms with Gasteiger partial charge < -0.3 is 7.43 Å². The summed E-state index contributed by atoms with van der Waals surface area (Å²) < 4.78 is 0. The van der Waals surface area contributed by atoms with Gasteiger partial charge in [0, 0.05) is 444 Å². The van der Waals surface area contributed by atoms with Crippen molar-refractivity contribution in [2.24, 2.45) is 0 Å². The molecule has 0 N–H and O–H groups in total. The van der Waals surface area contributed by atoms with Crippen LogP contribution in [0.25, 0.3) is 0 Å². The monoisotopic (exact) mass is 1220 g/mol. The van der Waals surface area contributed by atoms with E-state index < -0.39 is 0 Å². The molecule has 0 spiro atoms. The Labute approximate surface area is 435 Å². The van der Waals surface area contributed by atoms with E-state index >= 15 is 0 Å². The Morgan fingerprint density at radius 2 is 0.200 bits per heavy atom. The first-order valence-corrected chi connectivity index (χ1v) is 0. The smallest absolute Gasteiger partial charge is 0 e. The average molecular weight is 1220 g/mol. The summed E-state index contributed by atoms with van der Waals surface area (Å²) in [6.45, 7) is 0. The predicted octanol–water partition coefficient (Wildman–Crippen LogP) is 0.415. The summed E-state index contributed by atoms with van der Waals surface area (Å²) in [5, 5.41) is 0. The van der Waals surface area contributed by atoms with Crippen molar-refractivity contribution < 1.29 is 444 Å². The van der Waals surface area contributed by atoms with Gasteiger partial charge in [0.1, 0.15) is 0 Å². The van der Waals surface area contributed by atoms with Crippen LogP contribution in [0.15, 0.2) is 0 Å². The maximum Gasteiger partial charge on any atom is 0 e. The third kappa shape index (κ3) is 94.1. The van der Waals surface area contributed by atoms with Crippen molar-refractivity contribution in [1.82, 2.24) is 0 Å². The summed E-state index contributed by atoms with van der Waals surface area (Å²) >= 11 is 0. The zero-order valence-electron chi connectivity index (χ0n) is 8.95. The third-order valence-corrected chi connectivity index (χ3v) is 0. The molecule has 0 aromatic heterocycles. The maximum atomic E-state index is 0. The first kappa shape index (κ1) is 112. The molecule has 14 heteroatoms. The molecule has 0 atom stereocenters. The molecule has 52 valence electrons. The van der Waals surface area contributed by atoms with E-state index in [1.54, 1.807) is 0 Å². The molecule has 0 heterocycles. The van der Waals surface area contributed by atoms with Crippen molar-refractivity contribution >= 4 is 0 Å². The second kappa shape index (κ2) is 101. The molecular formula is CH3VY13-. The van der Waals surface area contributed by atoms with Crippen molar-refractivity contribution in [3.63, 3.8) is 0 Å². The van der Waals surface area contributed by atoms with E-state index in [1.165, 1.54) is 0 Å². The molecule has 0 aromatic carbocycles. The van der Waals surface area contributed by atoms with E-state index in [4.69, 9.17) is 0 Å². The van der Waals surface area contributed by atoms with Gasteiger partial charge in [0.25, 0.3) is 0 Å². The molecule has 0 aliphatic rings. The fourth-order valence-electron chi connectivity index (χ4n) is 0. The molecule has 0 fully saturated rings. The van der Waals surface area contributed by atoms with Gasteiger partial charge in [-0.2, -0.15) is 0 Å². The minimum atomic E-state index is 0. The van der Waals surface area contributed by atoms with Gasteiger partial charge in [0.2, 0.25) is 0 Å². The molecule has 0 aliphatic carbocycles. The van der Waals surface area contributed by atoms with Crippen LogP contribution in [-0.4, -0.2) is 0 Å². The summed E-state index contributed by atoms with van der Waals surface area (Å²) in [4.78, 5) is 0. The molecule has 15 heavy (non-hydrogen) atoms. The molecule has 0 bridgehead atoms. The van der Waals surface area contributed by atoms with Crippen LogP contribution < -0.4 is 0 Å². The fraction of sp³-hybridized carbons (Fsp3) is 0. The van der Waals surface area contributed by atoms with Crippen molar-refractivity contribution in [1.29, 1.82) is 0 Å². The molecular weight excluding hydrogens is 1220 g/mol. The molecule has 0 saturated heterocycles. The van der Waals surface area contributed by atoms with Gasteiger partial charge in [0.15, 0.2) is 0 Å². The van der Waals surface area contributed by atoms with Gasteiger partial charge in [-0.05, 0) is 0 Å². The predicted molar refractivity (Wildman–Crippen MR) is 6.41 cm³/mol. The van der Waals surface area contributed by atoms with Crippen LogP contribution in [0.5, 0.6) is 0 Å². The summed E-state index contributed by atoms with van der Waals surface area (Å²) in [5.41, 5.74) is 0. The summed E-state index contributed by atoms with van der Waals surface area (Å²) in [7, 11) is 0. The van der Waals surface area contributed by atoms with Gasteiger partial charge in [-0.3, -0.25) is 0 Å². The van der Waals surface area contributed by atoms with Gasteiger partial charge in [-0.15, -0.1) is 0 Å². The van der Waals surface area contributed by atoms with Crippen LogP contribution in [0, 0.1) is 7.43 Å². The minimum absolute atomic E-state index is 0. The van der Waals surface area contributed by atoms with Crippen molar-refractivity contribution in [2.45, 2.75) is 0 Å². The van der Waals surface area contributed by atoms with Crippen LogP contribution in [0.1, 0.15) is 0 Å². The second-order valence-electron chi connectivity index (χ2n) is 0. The second-order valence-corrected chi connectivity index (χ2v) is 0. The summed E-state index contributed by atoms with van der Waals surface area (Å²) in [5.74, 6) is 0. The van der Waals surface area contributed by atoms with E-state index in [0.29, 0.717) is 0 Å². The topological polar surface area (TPSA) is 0 Å². The van der Waals surface area contributed by atoms with Gasteiger partial charge >= 0.3 is 0 Å². The quantitative estimate of drug-likeness (QED) is 0.309. The SMILES string of the molecule is [CH3-].[V].[Y].[Y].[Y].[Y].[Y].[Y].[Y].[Y].[Y].[Y].[Y].[Y].[Y].